The first-order valence-corrected chi connectivity index (χ1v) is 5.16. The monoisotopic (exact) mass is 288 g/mol. The van der Waals surface area contributed by atoms with Crippen LogP contribution in [0.25, 0.3) is 0 Å². The zero-order valence-electron chi connectivity index (χ0n) is 9.55. The number of nitrogens with zero attached hydrogens (tertiary/aromatic N) is 1. The van der Waals surface area contributed by atoms with E-state index >= 15 is 0 Å². The summed E-state index contributed by atoms with van der Waals surface area (Å²) in [6.07, 6.45) is 0. The van der Waals surface area contributed by atoms with E-state index < -0.39 is 40.8 Å². The molecule has 3 nitrogen and oxygen atoms in total. The van der Waals surface area contributed by atoms with Gasteiger partial charge in [-0.1, -0.05) is 0 Å². The summed E-state index contributed by atoms with van der Waals surface area (Å²) < 4.78 is 64.5. The molecule has 0 aliphatic rings. The first-order chi connectivity index (χ1) is 9.38. The molecule has 1 N–H and O–H groups in total. The Hall–Kier alpha value is -2.51. The zero-order valence-corrected chi connectivity index (χ0v) is 9.55. The van der Waals surface area contributed by atoms with Crippen LogP contribution in [-0.2, 0) is 0 Å². The first kappa shape index (κ1) is 13.9. The minimum absolute atomic E-state index is 0.203. The Morgan fingerprint density at radius 3 is 2.35 bits per heavy atom. The summed E-state index contributed by atoms with van der Waals surface area (Å²) in [6, 6.07) is 2.75. The molecule has 20 heavy (non-hydrogen) atoms. The van der Waals surface area contributed by atoms with E-state index in [4.69, 9.17) is 0 Å². The highest BCUT2D eigenvalue weighted by molar-refractivity contribution is 6.04. The van der Waals surface area contributed by atoms with Gasteiger partial charge in [0.25, 0.3) is 11.9 Å². The molecule has 0 saturated heterocycles. The number of nitrogens with one attached hydrogen (secondary N) is 1. The summed E-state index contributed by atoms with van der Waals surface area (Å²) in [5.41, 5.74) is -1.15. The number of carbonyl (C=O) groups excluding carboxylic acids is 1. The summed E-state index contributed by atoms with van der Waals surface area (Å²) in [6.45, 7) is 0. The lowest BCUT2D eigenvalue weighted by Crippen LogP contribution is -2.16. The number of hydrogen-bond acceptors (Lipinski definition) is 2. The van der Waals surface area contributed by atoms with Crippen LogP contribution in [0.2, 0.25) is 0 Å². The average Bonchev–Trinajstić information content (AvgIpc) is 2.38. The van der Waals surface area contributed by atoms with Crippen LogP contribution in [0.1, 0.15) is 10.4 Å². The van der Waals surface area contributed by atoms with Crippen molar-refractivity contribution >= 4 is 11.6 Å². The van der Waals surface area contributed by atoms with Crippen molar-refractivity contribution in [1.82, 2.24) is 4.98 Å². The number of amides is 1. The number of carbonyl (C=O) groups is 1. The van der Waals surface area contributed by atoms with Gasteiger partial charge in [0, 0.05) is 17.8 Å². The summed E-state index contributed by atoms with van der Waals surface area (Å²) >= 11 is 0. The third-order valence-electron chi connectivity index (χ3n) is 2.31. The molecule has 0 bridgehead atoms. The van der Waals surface area contributed by atoms with E-state index in [1.165, 1.54) is 0 Å². The van der Waals surface area contributed by atoms with Gasteiger partial charge in [-0.2, -0.15) is 13.8 Å². The molecule has 8 heteroatoms. The number of halogens is 5. The van der Waals surface area contributed by atoms with Crippen LogP contribution in [-0.4, -0.2) is 10.9 Å². The van der Waals surface area contributed by atoms with Gasteiger partial charge in [0.15, 0.2) is 17.5 Å². The van der Waals surface area contributed by atoms with Crippen LogP contribution in [0.15, 0.2) is 24.3 Å². The highest BCUT2D eigenvalue weighted by atomic mass is 19.2. The molecule has 0 fully saturated rings. The summed E-state index contributed by atoms with van der Waals surface area (Å²) in [5.74, 6) is -8.43. The molecule has 0 saturated carbocycles. The quantitative estimate of drug-likeness (QED) is 0.681. The number of anilines is 1. The van der Waals surface area contributed by atoms with Crippen LogP contribution in [0.5, 0.6) is 0 Å². The summed E-state index contributed by atoms with van der Waals surface area (Å²) in [4.78, 5) is 14.2. The molecule has 1 aromatic heterocycles. The van der Waals surface area contributed by atoms with Gasteiger partial charge in [0.2, 0.25) is 5.95 Å². The zero-order chi connectivity index (χ0) is 14.9. The Morgan fingerprint density at radius 1 is 1.00 bits per heavy atom. The smallest absolute Gasteiger partial charge is 0.258 e. The van der Waals surface area contributed by atoms with Crippen LogP contribution < -0.4 is 5.32 Å². The third kappa shape index (κ3) is 2.73. The highest BCUT2D eigenvalue weighted by Gasteiger charge is 2.19. The molecule has 0 unspecified atom stereocenters. The number of hydrogen-bond donors (Lipinski definition) is 1. The van der Waals surface area contributed by atoms with Gasteiger partial charge >= 0.3 is 0 Å². The highest BCUT2D eigenvalue weighted by Crippen LogP contribution is 2.16. The fourth-order valence-corrected chi connectivity index (χ4v) is 1.41. The number of pyridine rings is 1. The van der Waals surface area contributed by atoms with E-state index in [0.717, 1.165) is 12.1 Å². The van der Waals surface area contributed by atoms with E-state index in [0.29, 0.717) is 12.1 Å². The molecular weight excluding hydrogens is 283 g/mol. The van der Waals surface area contributed by atoms with Crippen molar-refractivity contribution in [2.75, 3.05) is 5.32 Å². The molecule has 0 aliphatic carbocycles. The lowest BCUT2D eigenvalue weighted by molar-refractivity contribution is 0.102. The number of benzene rings is 1. The van der Waals surface area contributed by atoms with Gasteiger partial charge < -0.3 is 5.32 Å². The summed E-state index contributed by atoms with van der Waals surface area (Å²) in [5, 5.41) is 1.97. The molecule has 0 spiro atoms. The van der Waals surface area contributed by atoms with Crippen LogP contribution >= 0.6 is 0 Å². The molecule has 0 atom stereocenters. The maximum absolute atomic E-state index is 13.3. The Labute approximate surface area is 109 Å². The third-order valence-corrected chi connectivity index (χ3v) is 2.31. The molecule has 0 aliphatic heterocycles. The van der Waals surface area contributed by atoms with Crippen molar-refractivity contribution in [2.24, 2.45) is 0 Å². The fraction of sp³-hybridized carbons (Fsp3) is 0. The maximum atomic E-state index is 13.3. The van der Waals surface area contributed by atoms with Gasteiger partial charge in [0.05, 0.1) is 5.56 Å². The predicted molar refractivity (Wildman–Crippen MR) is 58.4 cm³/mol. The van der Waals surface area contributed by atoms with Crippen molar-refractivity contribution in [1.29, 1.82) is 0 Å². The van der Waals surface area contributed by atoms with Crippen LogP contribution in [0.4, 0.5) is 27.6 Å². The van der Waals surface area contributed by atoms with Crippen LogP contribution in [0.3, 0.4) is 0 Å². The summed E-state index contributed by atoms with van der Waals surface area (Å²) in [7, 11) is 0. The van der Waals surface area contributed by atoms with Crippen LogP contribution in [0, 0.1) is 29.3 Å². The molecule has 1 aromatic carbocycles. The molecule has 1 amide bonds. The first-order valence-electron chi connectivity index (χ1n) is 5.16. The van der Waals surface area contributed by atoms with Gasteiger partial charge in [-0.25, -0.2) is 13.2 Å². The molecular formula is C12H5F5N2O. The Morgan fingerprint density at radius 2 is 1.70 bits per heavy atom. The number of aromatic nitrogens is 1. The normalized spacial score (nSPS) is 10.4. The Bertz CT molecular complexity index is 690. The van der Waals surface area contributed by atoms with E-state index in [2.05, 4.69) is 4.98 Å². The maximum Gasteiger partial charge on any atom is 0.258 e. The number of rotatable bonds is 2. The fourth-order valence-electron chi connectivity index (χ4n) is 1.41. The average molecular weight is 288 g/mol. The second kappa shape index (κ2) is 5.24. The second-order valence-corrected chi connectivity index (χ2v) is 3.68. The van der Waals surface area contributed by atoms with Crippen molar-refractivity contribution < 1.29 is 26.7 Å². The van der Waals surface area contributed by atoms with Crippen molar-refractivity contribution in [3.05, 3.63) is 59.2 Å². The van der Waals surface area contributed by atoms with Crippen molar-refractivity contribution in [3.63, 3.8) is 0 Å². The van der Waals surface area contributed by atoms with Gasteiger partial charge in [-0.15, -0.1) is 0 Å². The van der Waals surface area contributed by atoms with E-state index in [-0.39, 0.29) is 5.69 Å². The SMILES string of the molecule is O=C(Nc1ccc(F)c(F)c1)c1cc(F)nc(F)c1F. The lowest BCUT2D eigenvalue weighted by atomic mass is 10.2. The predicted octanol–water partition coefficient (Wildman–Crippen LogP) is 3.03. The second-order valence-electron chi connectivity index (χ2n) is 3.68. The van der Waals surface area contributed by atoms with Gasteiger partial charge in [-0.05, 0) is 12.1 Å². The van der Waals surface area contributed by atoms with Gasteiger partial charge in [0.1, 0.15) is 0 Å². The molecule has 1 heterocycles. The lowest BCUT2D eigenvalue weighted by Gasteiger charge is -2.06. The Kier molecular flexibility index (Phi) is 3.64. The molecule has 0 radical (unpaired) electrons. The molecule has 2 aromatic rings. The topological polar surface area (TPSA) is 42.0 Å². The van der Waals surface area contributed by atoms with E-state index in [1.54, 1.807) is 0 Å². The van der Waals surface area contributed by atoms with Crippen molar-refractivity contribution in [2.45, 2.75) is 0 Å². The van der Waals surface area contributed by atoms with E-state index in [9.17, 15) is 26.7 Å². The molecule has 104 valence electrons. The Balaban J connectivity index is 2.30. The standard InChI is InChI=1S/C12H5F5N2O/c13-7-2-1-5(3-8(7)14)18-12(20)6-4-9(15)19-11(17)10(6)16/h1-4H,(H,18,20). The van der Waals surface area contributed by atoms with Crippen molar-refractivity contribution in [3.8, 4) is 0 Å². The minimum Gasteiger partial charge on any atom is -0.322 e. The minimum atomic E-state index is -1.78. The largest absolute Gasteiger partial charge is 0.322 e. The molecule has 2 rings (SSSR count). The van der Waals surface area contributed by atoms with Gasteiger partial charge in [-0.3, -0.25) is 4.79 Å². The van der Waals surface area contributed by atoms with E-state index in [1.807, 2.05) is 5.32 Å².